The molecule has 29 heavy (non-hydrogen) atoms. The van der Waals surface area contributed by atoms with Crippen LogP contribution in [0.25, 0.3) is 0 Å². The summed E-state index contributed by atoms with van der Waals surface area (Å²) >= 11 is 7.36. The largest absolute Gasteiger partial charge is 0.491 e. The summed E-state index contributed by atoms with van der Waals surface area (Å²) in [6.07, 6.45) is 0.104. The van der Waals surface area contributed by atoms with Crippen molar-refractivity contribution in [2.45, 2.75) is 40.4 Å². The molecule has 3 aromatic rings. The molecule has 3 rings (SSSR count). The quantitative estimate of drug-likeness (QED) is 0.497. The lowest BCUT2D eigenvalue weighted by molar-refractivity contribution is 0.102. The van der Waals surface area contributed by atoms with Crippen molar-refractivity contribution >= 4 is 34.5 Å². The molecule has 0 aliphatic rings. The van der Waals surface area contributed by atoms with Gasteiger partial charge in [0.15, 0.2) is 0 Å². The second-order valence-corrected chi connectivity index (χ2v) is 8.36. The minimum Gasteiger partial charge on any atom is -0.491 e. The van der Waals surface area contributed by atoms with Gasteiger partial charge in [-0.05, 0) is 75.7 Å². The standard InChI is InChI=1S/C22H23ClN2O3S/c1-13(2)28-17-7-5-16(6-8-17)25-22(26)21-15(4)24-20(29-21)12-27-18-9-10-19(23)14(3)11-18/h5-11,13H,12H2,1-4H3,(H,25,26). The van der Waals surface area contributed by atoms with Gasteiger partial charge >= 0.3 is 0 Å². The Kier molecular flexibility index (Phi) is 6.77. The van der Waals surface area contributed by atoms with E-state index in [0.29, 0.717) is 27.9 Å². The highest BCUT2D eigenvalue weighted by atomic mass is 35.5. The summed E-state index contributed by atoms with van der Waals surface area (Å²) in [4.78, 5) is 17.7. The topological polar surface area (TPSA) is 60.5 Å². The van der Waals surface area contributed by atoms with Crippen LogP contribution in [0.2, 0.25) is 5.02 Å². The van der Waals surface area contributed by atoms with Crippen molar-refractivity contribution in [3.63, 3.8) is 0 Å². The Morgan fingerprint density at radius 3 is 2.48 bits per heavy atom. The third-order valence-electron chi connectivity index (χ3n) is 4.02. The van der Waals surface area contributed by atoms with E-state index in [1.165, 1.54) is 11.3 Å². The molecule has 5 nitrogen and oxygen atoms in total. The summed E-state index contributed by atoms with van der Waals surface area (Å²) in [5.41, 5.74) is 2.33. The van der Waals surface area contributed by atoms with Crippen LogP contribution >= 0.6 is 22.9 Å². The van der Waals surface area contributed by atoms with E-state index in [1.807, 2.05) is 64.1 Å². The first-order valence-electron chi connectivity index (χ1n) is 9.25. The number of anilines is 1. The molecular formula is C22H23ClN2O3S. The number of ether oxygens (including phenoxy) is 2. The molecule has 0 radical (unpaired) electrons. The van der Waals surface area contributed by atoms with Gasteiger partial charge in [-0.15, -0.1) is 11.3 Å². The van der Waals surface area contributed by atoms with E-state index in [1.54, 1.807) is 6.07 Å². The Balaban J connectivity index is 1.62. The van der Waals surface area contributed by atoms with Crippen molar-refractivity contribution in [3.8, 4) is 11.5 Å². The van der Waals surface area contributed by atoms with Gasteiger partial charge in [0, 0.05) is 10.7 Å². The number of halogens is 1. The van der Waals surface area contributed by atoms with Gasteiger partial charge in [-0.1, -0.05) is 11.6 Å². The summed E-state index contributed by atoms with van der Waals surface area (Å²) in [5, 5.41) is 4.34. The van der Waals surface area contributed by atoms with Crippen LogP contribution in [0.15, 0.2) is 42.5 Å². The molecule has 1 N–H and O–H groups in total. The molecule has 1 aromatic heterocycles. The number of amides is 1. The molecule has 0 aliphatic heterocycles. The van der Waals surface area contributed by atoms with Crippen LogP contribution in [0, 0.1) is 13.8 Å². The van der Waals surface area contributed by atoms with Gasteiger partial charge in [0.2, 0.25) is 0 Å². The Bertz CT molecular complexity index is 1000. The Morgan fingerprint density at radius 1 is 1.14 bits per heavy atom. The van der Waals surface area contributed by atoms with Gasteiger partial charge < -0.3 is 14.8 Å². The fourth-order valence-electron chi connectivity index (χ4n) is 2.65. The number of carbonyl (C=O) groups is 1. The number of carbonyl (C=O) groups excluding carboxylic acids is 1. The van der Waals surface area contributed by atoms with Gasteiger partial charge in [-0.3, -0.25) is 4.79 Å². The zero-order valence-corrected chi connectivity index (χ0v) is 18.4. The lowest BCUT2D eigenvalue weighted by Gasteiger charge is -2.10. The molecule has 0 unspecified atom stereocenters. The van der Waals surface area contributed by atoms with E-state index < -0.39 is 0 Å². The van der Waals surface area contributed by atoms with Crippen molar-refractivity contribution in [2.75, 3.05) is 5.32 Å². The summed E-state index contributed by atoms with van der Waals surface area (Å²) in [7, 11) is 0. The SMILES string of the molecule is Cc1cc(OCc2nc(C)c(C(=O)Nc3ccc(OC(C)C)cc3)s2)ccc1Cl. The van der Waals surface area contributed by atoms with E-state index in [0.717, 1.165) is 22.1 Å². The highest BCUT2D eigenvalue weighted by Crippen LogP contribution is 2.25. The molecule has 2 aromatic carbocycles. The highest BCUT2D eigenvalue weighted by Gasteiger charge is 2.16. The molecule has 0 saturated heterocycles. The predicted molar refractivity (Wildman–Crippen MR) is 118 cm³/mol. The van der Waals surface area contributed by atoms with Gasteiger partial charge in [0.05, 0.1) is 11.8 Å². The molecule has 0 fully saturated rings. The molecule has 0 aliphatic carbocycles. The Hall–Kier alpha value is -2.57. The minimum atomic E-state index is -0.189. The lowest BCUT2D eigenvalue weighted by Crippen LogP contribution is -2.11. The maximum absolute atomic E-state index is 12.6. The molecule has 0 spiro atoms. The minimum absolute atomic E-state index is 0.104. The average Bonchev–Trinajstić information content (AvgIpc) is 3.05. The molecular weight excluding hydrogens is 408 g/mol. The smallest absolute Gasteiger partial charge is 0.267 e. The fraction of sp³-hybridized carbons (Fsp3) is 0.273. The zero-order chi connectivity index (χ0) is 21.0. The average molecular weight is 431 g/mol. The number of aromatic nitrogens is 1. The number of nitrogens with one attached hydrogen (secondary N) is 1. The van der Waals surface area contributed by atoms with Crippen LogP contribution < -0.4 is 14.8 Å². The van der Waals surface area contributed by atoms with Gasteiger partial charge in [0.1, 0.15) is 28.0 Å². The van der Waals surface area contributed by atoms with Crippen molar-refractivity contribution in [1.82, 2.24) is 4.98 Å². The van der Waals surface area contributed by atoms with Crippen LogP contribution in [0.1, 0.15) is 39.8 Å². The van der Waals surface area contributed by atoms with Gasteiger partial charge in [0.25, 0.3) is 5.91 Å². The summed E-state index contributed by atoms with van der Waals surface area (Å²) < 4.78 is 11.4. The van der Waals surface area contributed by atoms with Crippen LogP contribution in [0.3, 0.4) is 0 Å². The number of hydrogen-bond donors (Lipinski definition) is 1. The maximum Gasteiger partial charge on any atom is 0.267 e. The number of hydrogen-bond acceptors (Lipinski definition) is 5. The van der Waals surface area contributed by atoms with Crippen molar-refractivity contribution in [3.05, 3.63) is 68.6 Å². The molecule has 0 atom stereocenters. The fourth-order valence-corrected chi connectivity index (χ4v) is 3.64. The van der Waals surface area contributed by atoms with E-state index in [2.05, 4.69) is 10.3 Å². The third kappa shape index (κ3) is 5.71. The first-order chi connectivity index (χ1) is 13.8. The first-order valence-corrected chi connectivity index (χ1v) is 10.4. The van der Waals surface area contributed by atoms with Crippen molar-refractivity contribution < 1.29 is 14.3 Å². The van der Waals surface area contributed by atoms with Crippen LogP contribution in [0.5, 0.6) is 11.5 Å². The lowest BCUT2D eigenvalue weighted by atomic mass is 10.2. The van der Waals surface area contributed by atoms with Gasteiger partial charge in [-0.2, -0.15) is 0 Å². The first kappa shape index (κ1) is 21.1. The predicted octanol–water partition coefficient (Wildman–Crippen LogP) is 6.03. The number of benzene rings is 2. The highest BCUT2D eigenvalue weighted by molar-refractivity contribution is 7.13. The number of rotatable bonds is 7. The molecule has 152 valence electrons. The van der Waals surface area contributed by atoms with Gasteiger partial charge in [-0.25, -0.2) is 4.98 Å². The second kappa shape index (κ2) is 9.29. The van der Waals surface area contributed by atoms with E-state index in [4.69, 9.17) is 21.1 Å². The van der Waals surface area contributed by atoms with E-state index in [9.17, 15) is 4.79 Å². The normalized spacial score (nSPS) is 10.8. The third-order valence-corrected chi connectivity index (χ3v) is 5.58. The summed E-state index contributed by atoms with van der Waals surface area (Å²) in [6, 6.07) is 12.8. The number of nitrogens with zero attached hydrogens (tertiary/aromatic N) is 1. The van der Waals surface area contributed by atoms with E-state index in [-0.39, 0.29) is 12.0 Å². The monoisotopic (exact) mass is 430 g/mol. The van der Waals surface area contributed by atoms with Crippen LogP contribution in [-0.4, -0.2) is 17.0 Å². The summed E-state index contributed by atoms with van der Waals surface area (Å²) in [6.45, 7) is 7.98. The Morgan fingerprint density at radius 2 is 1.83 bits per heavy atom. The molecule has 1 heterocycles. The molecule has 7 heteroatoms. The van der Waals surface area contributed by atoms with E-state index >= 15 is 0 Å². The van der Waals surface area contributed by atoms with Crippen LogP contribution in [0.4, 0.5) is 5.69 Å². The maximum atomic E-state index is 12.6. The molecule has 1 amide bonds. The zero-order valence-electron chi connectivity index (χ0n) is 16.8. The van der Waals surface area contributed by atoms with Crippen molar-refractivity contribution in [2.24, 2.45) is 0 Å². The molecule has 0 saturated carbocycles. The Labute approximate surface area is 179 Å². The number of aryl methyl sites for hydroxylation is 2. The molecule has 0 bridgehead atoms. The number of thiazole rings is 1. The summed E-state index contributed by atoms with van der Waals surface area (Å²) in [5.74, 6) is 1.30. The van der Waals surface area contributed by atoms with Crippen LogP contribution in [-0.2, 0) is 6.61 Å². The second-order valence-electron chi connectivity index (χ2n) is 6.87. The van der Waals surface area contributed by atoms with Crippen molar-refractivity contribution in [1.29, 1.82) is 0 Å².